The molecule has 0 heterocycles. The fourth-order valence-corrected chi connectivity index (χ4v) is 4.15. The van der Waals surface area contributed by atoms with E-state index in [9.17, 15) is 14.0 Å². The highest BCUT2D eigenvalue weighted by atomic mass is 35.5. The molecule has 3 rings (SSSR count). The Hall–Kier alpha value is -2.60. The number of carbonyl (C=O) groups excluding carboxylic acids is 2. The monoisotopic (exact) mass is 474 g/mol. The predicted molar refractivity (Wildman–Crippen MR) is 128 cm³/mol. The molecule has 1 aliphatic rings. The van der Waals surface area contributed by atoms with E-state index in [0.717, 1.165) is 31.2 Å². The first-order valence-corrected chi connectivity index (χ1v) is 12.0. The number of amides is 2. The highest BCUT2D eigenvalue weighted by molar-refractivity contribution is 6.30. The normalized spacial score (nSPS) is 15.0. The molecule has 1 N–H and O–H groups in total. The van der Waals surface area contributed by atoms with Gasteiger partial charge in [0.25, 0.3) is 0 Å². The van der Waals surface area contributed by atoms with E-state index in [1.807, 2.05) is 0 Å². The number of hydrogen-bond acceptors (Lipinski definition) is 3. The van der Waals surface area contributed by atoms with Gasteiger partial charge < -0.3 is 15.0 Å². The zero-order valence-corrected chi connectivity index (χ0v) is 19.8. The Bertz CT molecular complexity index is 899. The first-order valence-electron chi connectivity index (χ1n) is 11.6. The fourth-order valence-electron chi connectivity index (χ4n) is 4.03. The van der Waals surface area contributed by atoms with Crippen LogP contribution in [0.15, 0.2) is 48.5 Å². The molecule has 33 heavy (non-hydrogen) atoms. The molecular weight excluding hydrogens is 443 g/mol. The van der Waals surface area contributed by atoms with Gasteiger partial charge in [-0.15, -0.1) is 0 Å². The van der Waals surface area contributed by atoms with E-state index in [-0.39, 0.29) is 36.6 Å². The summed E-state index contributed by atoms with van der Waals surface area (Å²) < 4.78 is 19.0. The van der Waals surface area contributed by atoms with Crippen molar-refractivity contribution in [3.63, 3.8) is 0 Å². The summed E-state index contributed by atoms with van der Waals surface area (Å²) in [5.41, 5.74) is 0.777. The van der Waals surface area contributed by atoms with Crippen molar-refractivity contribution in [1.82, 2.24) is 10.2 Å². The van der Waals surface area contributed by atoms with Crippen LogP contribution in [0, 0.1) is 5.82 Å². The minimum absolute atomic E-state index is 0.134. The van der Waals surface area contributed by atoms with Crippen molar-refractivity contribution in [1.29, 1.82) is 0 Å². The molecule has 0 unspecified atom stereocenters. The molecule has 0 radical (unpaired) electrons. The number of rotatable bonds is 10. The Morgan fingerprint density at radius 3 is 2.42 bits per heavy atom. The summed E-state index contributed by atoms with van der Waals surface area (Å²) in [6.07, 6.45) is 6.15. The van der Waals surface area contributed by atoms with E-state index in [0.29, 0.717) is 23.8 Å². The lowest BCUT2D eigenvalue weighted by Crippen LogP contribution is -2.50. The zero-order valence-electron chi connectivity index (χ0n) is 19.1. The lowest BCUT2D eigenvalue weighted by molar-refractivity contribution is -0.141. The van der Waals surface area contributed by atoms with Gasteiger partial charge in [-0.1, -0.05) is 43.0 Å². The van der Waals surface area contributed by atoms with Gasteiger partial charge >= 0.3 is 0 Å². The summed E-state index contributed by atoms with van der Waals surface area (Å²) in [6.45, 7) is 2.38. The minimum Gasteiger partial charge on any atom is -0.494 e. The lowest BCUT2D eigenvalue weighted by Gasteiger charge is -2.31. The van der Waals surface area contributed by atoms with Gasteiger partial charge in [-0.05, 0) is 68.1 Å². The number of halogens is 2. The van der Waals surface area contributed by atoms with Crippen LogP contribution in [0.25, 0.3) is 0 Å². The molecule has 2 aromatic rings. The molecule has 1 fully saturated rings. The van der Waals surface area contributed by atoms with E-state index in [1.54, 1.807) is 48.2 Å². The van der Waals surface area contributed by atoms with Crippen LogP contribution < -0.4 is 10.1 Å². The third kappa shape index (κ3) is 8.04. The summed E-state index contributed by atoms with van der Waals surface area (Å²) in [7, 11) is 0. The van der Waals surface area contributed by atoms with Crippen molar-refractivity contribution in [3.05, 3.63) is 64.9 Å². The Morgan fingerprint density at radius 1 is 1.09 bits per heavy atom. The largest absolute Gasteiger partial charge is 0.494 e. The van der Waals surface area contributed by atoms with Crippen LogP contribution in [0.3, 0.4) is 0 Å². The van der Waals surface area contributed by atoms with Gasteiger partial charge in [0.15, 0.2) is 0 Å². The maximum Gasteiger partial charge on any atom is 0.242 e. The quantitative estimate of drug-likeness (QED) is 0.462. The number of hydrogen-bond donors (Lipinski definition) is 1. The number of benzene rings is 2. The molecule has 178 valence electrons. The molecule has 0 spiro atoms. The number of carbonyl (C=O) groups is 2. The van der Waals surface area contributed by atoms with Crippen LogP contribution in [0.1, 0.15) is 57.4 Å². The minimum atomic E-state index is -0.623. The Balaban J connectivity index is 1.59. The van der Waals surface area contributed by atoms with Crippen molar-refractivity contribution < 1.29 is 18.7 Å². The summed E-state index contributed by atoms with van der Waals surface area (Å²) in [5, 5.41) is 3.75. The highest BCUT2D eigenvalue weighted by Crippen LogP contribution is 2.19. The van der Waals surface area contributed by atoms with Crippen molar-refractivity contribution >= 4 is 23.4 Å². The van der Waals surface area contributed by atoms with E-state index in [1.165, 1.54) is 18.6 Å². The molecule has 0 bridgehead atoms. The average molecular weight is 475 g/mol. The highest BCUT2D eigenvalue weighted by Gasteiger charge is 2.27. The SMILES string of the molecule is C[C@H](C(=O)NC1CCCCC1)N(Cc1ccc(F)cc1)C(=O)CCCOc1ccc(Cl)cc1. The topological polar surface area (TPSA) is 58.6 Å². The van der Waals surface area contributed by atoms with Crippen molar-refractivity contribution in [2.24, 2.45) is 0 Å². The van der Waals surface area contributed by atoms with Crippen molar-refractivity contribution in [3.8, 4) is 5.75 Å². The molecule has 2 amide bonds. The standard InChI is InChI=1S/C26H32ClFN2O3/c1-19(26(32)29-23-6-3-2-4-7-23)30(18-20-9-13-22(28)14-10-20)25(31)8-5-17-33-24-15-11-21(27)12-16-24/h9-16,19,23H,2-8,17-18H2,1H3,(H,29,32)/t19-/m1/s1. The molecule has 5 nitrogen and oxygen atoms in total. The molecule has 0 aliphatic heterocycles. The molecule has 0 aromatic heterocycles. The van der Waals surface area contributed by atoms with E-state index in [4.69, 9.17) is 16.3 Å². The zero-order chi connectivity index (χ0) is 23.6. The van der Waals surface area contributed by atoms with Gasteiger partial charge in [-0.25, -0.2) is 4.39 Å². The van der Waals surface area contributed by atoms with Gasteiger partial charge in [0, 0.05) is 24.0 Å². The van der Waals surface area contributed by atoms with Gasteiger partial charge in [0.2, 0.25) is 11.8 Å². The van der Waals surface area contributed by atoms with Gasteiger partial charge in [-0.2, -0.15) is 0 Å². The fraction of sp³-hybridized carbons (Fsp3) is 0.462. The maximum absolute atomic E-state index is 13.3. The van der Waals surface area contributed by atoms with Crippen LogP contribution in [-0.2, 0) is 16.1 Å². The molecule has 1 saturated carbocycles. The van der Waals surface area contributed by atoms with Crippen LogP contribution in [0.4, 0.5) is 4.39 Å². The average Bonchev–Trinajstić information content (AvgIpc) is 2.82. The van der Waals surface area contributed by atoms with Crippen LogP contribution in [-0.4, -0.2) is 35.4 Å². The molecule has 2 aromatic carbocycles. The predicted octanol–water partition coefficient (Wildman–Crippen LogP) is 5.50. The molecule has 1 atom stereocenters. The third-order valence-electron chi connectivity index (χ3n) is 6.00. The van der Waals surface area contributed by atoms with Crippen molar-refractivity contribution in [2.45, 2.75) is 70.5 Å². The summed E-state index contributed by atoms with van der Waals surface area (Å²) >= 11 is 5.88. The van der Waals surface area contributed by atoms with Crippen LogP contribution >= 0.6 is 11.6 Å². The summed E-state index contributed by atoms with van der Waals surface area (Å²) in [6, 6.07) is 12.6. The first kappa shape index (κ1) is 25.0. The van der Waals surface area contributed by atoms with E-state index in [2.05, 4.69) is 5.32 Å². The van der Waals surface area contributed by atoms with E-state index >= 15 is 0 Å². The lowest BCUT2D eigenvalue weighted by atomic mass is 9.95. The smallest absolute Gasteiger partial charge is 0.242 e. The first-order chi connectivity index (χ1) is 15.9. The number of nitrogens with one attached hydrogen (secondary N) is 1. The van der Waals surface area contributed by atoms with Gasteiger partial charge in [-0.3, -0.25) is 9.59 Å². The van der Waals surface area contributed by atoms with Crippen LogP contribution in [0.5, 0.6) is 5.75 Å². The Labute approximate surface area is 200 Å². The van der Waals surface area contributed by atoms with Crippen LogP contribution in [0.2, 0.25) is 5.02 Å². The van der Waals surface area contributed by atoms with Gasteiger partial charge in [0.1, 0.15) is 17.6 Å². The number of nitrogens with zero attached hydrogens (tertiary/aromatic N) is 1. The molecule has 0 saturated heterocycles. The number of ether oxygens (including phenoxy) is 1. The maximum atomic E-state index is 13.3. The van der Waals surface area contributed by atoms with E-state index < -0.39 is 6.04 Å². The second-order valence-electron chi connectivity index (χ2n) is 8.57. The molecular formula is C26H32ClFN2O3. The second kappa shape index (κ2) is 12.6. The van der Waals surface area contributed by atoms with Crippen molar-refractivity contribution in [2.75, 3.05) is 6.61 Å². The summed E-state index contributed by atoms with van der Waals surface area (Å²) in [4.78, 5) is 27.6. The molecule has 7 heteroatoms. The Kier molecular flexibility index (Phi) is 9.55. The molecule has 1 aliphatic carbocycles. The third-order valence-corrected chi connectivity index (χ3v) is 6.25. The summed E-state index contributed by atoms with van der Waals surface area (Å²) in [5.74, 6) is 0.0782. The Morgan fingerprint density at radius 2 is 1.76 bits per heavy atom. The van der Waals surface area contributed by atoms with Gasteiger partial charge in [0.05, 0.1) is 6.61 Å². The second-order valence-corrected chi connectivity index (χ2v) is 9.01.